The van der Waals surface area contributed by atoms with Crippen molar-refractivity contribution in [3.63, 3.8) is 0 Å². The van der Waals surface area contributed by atoms with Crippen LogP contribution in [0.3, 0.4) is 0 Å². The van der Waals surface area contributed by atoms with E-state index in [2.05, 4.69) is 41.5 Å². The third-order valence-electron chi connectivity index (χ3n) is 19.7. The highest BCUT2D eigenvalue weighted by Gasteiger charge is 2.30. The van der Waals surface area contributed by atoms with Gasteiger partial charge in [-0.3, -0.25) is 37.3 Å². The summed E-state index contributed by atoms with van der Waals surface area (Å²) in [4.78, 5) is 73.2. The molecule has 2 unspecified atom stereocenters. The Labute approximate surface area is 632 Å². The molecule has 0 saturated carbocycles. The summed E-state index contributed by atoms with van der Waals surface area (Å²) in [5, 5.41) is 10.7. The molecule has 0 radical (unpaired) electrons. The van der Waals surface area contributed by atoms with Gasteiger partial charge in [-0.1, -0.05) is 395 Å². The number of phosphoric acid groups is 2. The Morgan fingerprint density at radius 3 is 0.660 bits per heavy atom. The van der Waals surface area contributed by atoms with Crippen LogP contribution in [0, 0.1) is 11.8 Å². The Balaban J connectivity index is 5.25. The normalized spacial score (nSPS) is 13.9. The molecule has 0 saturated heterocycles. The molecule has 3 N–H and O–H groups in total. The van der Waals surface area contributed by atoms with Crippen LogP contribution >= 0.6 is 15.6 Å². The standard InChI is InChI=1S/C84H164O17P2/c1-7-9-11-13-15-17-19-21-23-25-27-29-33-37-41-48-54-60-66-81(86)94-72-79(100-83(88)68-62-56-50-42-38-34-30-28-26-24-22-20-18-16-14-12-10-8-2)74-98-102(90,91)96-70-78(85)71-97-103(92,93)99-75-80(73-95-82(87)67-61-55-49-45-44-47-53-59-65-77(5)6)101-84(89)69-63-57-51-43-39-35-31-32-36-40-46-52-58-64-76(3)4/h76-80,85H,7-75H2,1-6H3,(H,90,91)(H,92,93)/t78-,79-,80-/m1/s1. The van der Waals surface area contributed by atoms with Gasteiger partial charge in [0.1, 0.15) is 19.3 Å². The molecule has 0 rings (SSSR count). The van der Waals surface area contributed by atoms with E-state index in [0.29, 0.717) is 25.7 Å². The van der Waals surface area contributed by atoms with Crippen molar-refractivity contribution < 1.29 is 80.2 Å². The van der Waals surface area contributed by atoms with Crippen LogP contribution in [0.4, 0.5) is 0 Å². The molecule has 0 aliphatic heterocycles. The van der Waals surface area contributed by atoms with Crippen LogP contribution in [-0.4, -0.2) is 96.7 Å². The number of aliphatic hydroxyl groups excluding tert-OH is 1. The van der Waals surface area contributed by atoms with Crippen LogP contribution in [0.25, 0.3) is 0 Å². The quantitative estimate of drug-likeness (QED) is 0.0222. The maximum atomic E-state index is 13.1. The molecule has 612 valence electrons. The van der Waals surface area contributed by atoms with Crippen LogP contribution in [0.5, 0.6) is 0 Å². The second-order valence-corrected chi connectivity index (χ2v) is 34.1. The topological polar surface area (TPSA) is 237 Å². The van der Waals surface area contributed by atoms with Gasteiger partial charge in [0.05, 0.1) is 26.4 Å². The predicted molar refractivity (Wildman–Crippen MR) is 423 cm³/mol. The molecule has 0 aromatic heterocycles. The molecule has 0 aromatic carbocycles. The number of hydrogen-bond acceptors (Lipinski definition) is 15. The van der Waals surface area contributed by atoms with Gasteiger partial charge in [0, 0.05) is 25.7 Å². The Hall–Kier alpha value is -1.94. The van der Waals surface area contributed by atoms with E-state index < -0.39 is 97.5 Å². The largest absolute Gasteiger partial charge is 0.472 e. The molecule has 0 aliphatic carbocycles. The van der Waals surface area contributed by atoms with E-state index in [-0.39, 0.29) is 25.7 Å². The van der Waals surface area contributed by atoms with Gasteiger partial charge in [0.15, 0.2) is 12.2 Å². The smallest absolute Gasteiger partial charge is 0.462 e. The monoisotopic (exact) mass is 1510 g/mol. The summed E-state index contributed by atoms with van der Waals surface area (Å²) < 4.78 is 68.8. The lowest BCUT2D eigenvalue weighted by molar-refractivity contribution is -0.161. The van der Waals surface area contributed by atoms with Crippen LogP contribution < -0.4 is 0 Å². The van der Waals surface area contributed by atoms with Crippen molar-refractivity contribution in [2.24, 2.45) is 11.8 Å². The highest BCUT2D eigenvalue weighted by atomic mass is 31.2. The van der Waals surface area contributed by atoms with Crippen molar-refractivity contribution in [3.05, 3.63) is 0 Å². The number of unbranched alkanes of at least 4 members (excludes halogenated alkanes) is 53. The lowest BCUT2D eigenvalue weighted by atomic mass is 10.0. The molecule has 0 fully saturated rings. The van der Waals surface area contributed by atoms with Crippen LogP contribution in [0.1, 0.15) is 446 Å². The second-order valence-electron chi connectivity index (χ2n) is 31.2. The third-order valence-corrected chi connectivity index (χ3v) is 21.6. The fraction of sp³-hybridized carbons (Fsp3) is 0.952. The first-order valence-corrected chi connectivity index (χ1v) is 46.5. The van der Waals surface area contributed by atoms with Gasteiger partial charge in [-0.25, -0.2) is 9.13 Å². The fourth-order valence-corrected chi connectivity index (χ4v) is 14.6. The van der Waals surface area contributed by atoms with Crippen LogP contribution in [0.15, 0.2) is 0 Å². The molecule has 103 heavy (non-hydrogen) atoms. The summed E-state index contributed by atoms with van der Waals surface area (Å²) >= 11 is 0. The van der Waals surface area contributed by atoms with Gasteiger partial charge in [-0.2, -0.15) is 0 Å². The van der Waals surface area contributed by atoms with Gasteiger partial charge < -0.3 is 33.8 Å². The summed E-state index contributed by atoms with van der Waals surface area (Å²) in [6.45, 7) is 9.64. The third kappa shape index (κ3) is 78.0. The zero-order chi connectivity index (χ0) is 75.6. The van der Waals surface area contributed by atoms with Crippen molar-refractivity contribution in [3.8, 4) is 0 Å². The van der Waals surface area contributed by atoms with Crippen LogP contribution in [0.2, 0.25) is 0 Å². The zero-order valence-corrected chi connectivity index (χ0v) is 69.4. The van der Waals surface area contributed by atoms with Crippen LogP contribution in [-0.2, 0) is 65.4 Å². The maximum Gasteiger partial charge on any atom is 0.472 e. The van der Waals surface area contributed by atoms with Crippen molar-refractivity contribution in [1.82, 2.24) is 0 Å². The molecule has 19 heteroatoms. The van der Waals surface area contributed by atoms with E-state index >= 15 is 0 Å². The van der Waals surface area contributed by atoms with Gasteiger partial charge in [0.2, 0.25) is 0 Å². The number of aliphatic hydroxyl groups is 1. The highest BCUT2D eigenvalue weighted by Crippen LogP contribution is 2.45. The number of ether oxygens (including phenoxy) is 4. The maximum absolute atomic E-state index is 13.1. The summed E-state index contributed by atoms with van der Waals surface area (Å²) in [5.41, 5.74) is 0. The number of esters is 4. The zero-order valence-electron chi connectivity index (χ0n) is 67.6. The van der Waals surface area contributed by atoms with E-state index in [1.54, 1.807) is 0 Å². The predicted octanol–water partition coefficient (Wildman–Crippen LogP) is 25.5. The first-order chi connectivity index (χ1) is 49.9. The fourth-order valence-electron chi connectivity index (χ4n) is 13.1. The molecular formula is C84H164O17P2. The Kier molecular flexibility index (Phi) is 74.1. The molecule has 5 atom stereocenters. The number of rotatable bonds is 83. The van der Waals surface area contributed by atoms with Crippen molar-refractivity contribution in [2.75, 3.05) is 39.6 Å². The van der Waals surface area contributed by atoms with Crippen molar-refractivity contribution >= 4 is 39.5 Å². The minimum absolute atomic E-state index is 0.107. The van der Waals surface area contributed by atoms with E-state index in [1.165, 1.54) is 263 Å². The summed E-state index contributed by atoms with van der Waals surface area (Å²) in [7, 11) is -9.93. The molecule has 0 heterocycles. The molecule has 0 spiro atoms. The van der Waals surface area contributed by atoms with Gasteiger partial charge in [-0.05, 0) is 37.5 Å². The Bertz CT molecular complexity index is 1980. The molecular weight excluding hydrogens is 1340 g/mol. The lowest BCUT2D eigenvalue weighted by Crippen LogP contribution is -2.30. The van der Waals surface area contributed by atoms with Gasteiger partial charge >= 0.3 is 39.5 Å². The van der Waals surface area contributed by atoms with Gasteiger partial charge in [0.25, 0.3) is 0 Å². The Morgan fingerprint density at radius 1 is 0.262 bits per heavy atom. The SMILES string of the molecule is CCCCCCCCCCCCCCCCCCCCC(=O)OC[C@H](COP(=O)(O)OC[C@@H](O)COP(=O)(O)OC[C@@H](COC(=O)CCCCCCCCCCC(C)C)OC(=O)CCCCCCCCCCCCCCCC(C)C)OC(=O)CCCCCCCCCCCCCCCCCCCC. The minimum atomic E-state index is -4.96. The second kappa shape index (κ2) is 75.5. The van der Waals surface area contributed by atoms with E-state index in [9.17, 15) is 43.2 Å². The Morgan fingerprint density at radius 2 is 0.447 bits per heavy atom. The average molecular weight is 1510 g/mol. The number of phosphoric ester groups is 2. The summed E-state index contributed by atoms with van der Waals surface area (Å²) in [6, 6.07) is 0. The van der Waals surface area contributed by atoms with E-state index in [0.717, 1.165) is 102 Å². The summed E-state index contributed by atoms with van der Waals surface area (Å²) in [5.74, 6) is -0.591. The number of carbonyl (C=O) groups is 4. The number of carbonyl (C=O) groups excluding carboxylic acids is 4. The van der Waals surface area contributed by atoms with E-state index in [1.807, 2.05) is 0 Å². The molecule has 0 aromatic rings. The van der Waals surface area contributed by atoms with Crippen molar-refractivity contribution in [1.29, 1.82) is 0 Å². The first-order valence-electron chi connectivity index (χ1n) is 43.5. The lowest BCUT2D eigenvalue weighted by Gasteiger charge is -2.21. The van der Waals surface area contributed by atoms with Gasteiger partial charge in [-0.15, -0.1) is 0 Å². The average Bonchev–Trinajstić information content (AvgIpc) is 0.917. The number of hydrogen-bond donors (Lipinski definition) is 3. The molecule has 17 nitrogen and oxygen atoms in total. The first kappa shape index (κ1) is 101. The molecule has 0 bridgehead atoms. The molecule has 0 aliphatic rings. The molecule has 0 amide bonds. The van der Waals surface area contributed by atoms with Crippen molar-refractivity contribution in [2.45, 2.75) is 464 Å². The summed E-state index contributed by atoms with van der Waals surface area (Å²) in [6.07, 6.45) is 66.6. The van der Waals surface area contributed by atoms with E-state index in [4.69, 9.17) is 37.0 Å². The highest BCUT2D eigenvalue weighted by molar-refractivity contribution is 7.47. The minimum Gasteiger partial charge on any atom is -0.462 e.